The third kappa shape index (κ3) is 4.78. The number of hydroxylamine groups is 1. The summed E-state index contributed by atoms with van der Waals surface area (Å²) < 4.78 is 49.5. The monoisotopic (exact) mass is 376 g/mol. The molecule has 1 aromatic rings. The van der Waals surface area contributed by atoms with Crippen LogP contribution in [-0.2, 0) is 4.79 Å². The first-order chi connectivity index (χ1) is 12.3. The average molecular weight is 376 g/mol. The molecule has 0 heterocycles. The quantitative estimate of drug-likeness (QED) is 0.522. The van der Waals surface area contributed by atoms with Crippen LogP contribution in [0, 0.1) is 0 Å². The molecule has 10 heteroatoms. The fourth-order valence-corrected chi connectivity index (χ4v) is 2.67. The van der Waals surface area contributed by atoms with Gasteiger partial charge in [0.15, 0.2) is 11.5 Å². The number of nitrogens with one attached hydrogen (secondary N) is 2. The Labute approximate surface area is 147 Å². The van der Waals surface area contributed by atoms with Crippen LogP contribution < -0.4 is 20.3 Å². The van der Waals surface area contributed by atoms with Crippen LogP contribution in [0.2, 0.25) is 0 Å². The minimum absolute atomic E-state index is 0.0506. The van der Waals surface area contributed by atoms with Gasteiger partial charge in [0, 0.05) is 5.56 Å². The van der Waals surface area contributed by atoms with Gasteiger partial charge in [-0.05, 0) is 43.9 Å². The van der Waals surface area contributed by atoms with Crippen molar-refractivity contribution in [2.45, 2.75) is 44.0 Å². The van der Waals surface area contributed by atoms with Crippen molar-refractivity contribution in [3.05, 3.63) is 23.8 Å². The molecule has 1 atom stereocenters. The van der Waals surface area contributed by atoms with Gasteiger partial charge in [0.1, 0.15) is 0 Å². The molecule has 0 bridgehead atoms. The molecule has 0 aromatic heterocycles. The van der Waals surface area contributed by atoms with Gasteiger partial charge >= 0.3 is 6.18 Å². The van der Waals surface area contributed by atoms with Gasteiger partial charge in [0.2, 0.25) is 6.04 Å². The third-order valence-electron chi connectivity index (χ3n) is 4.00. The number of alkyl halides is 3. The van der Waals surface area contributed by atoms with Gasteiger partial charge in [-0.25, -0.2) is 5.48 Å². The number of carbonyl (C=O) groups excluding carboxylic acids is 2. The minimum Gasteiger partial charge on any atom is -0.493 e. The smallest absolute Gasteiger partial charge is 0.417 e. The zero-order valence-corrected chi connectivity index (χ0v) is 13.9. The number of hydrogen-bond acceptors (Lipinski definition) is 5. The zero-order valence-electron chi connectivity index (χ0n) is 13.9. The highest BCUT2D eigenvalue weighted by Gasteiger charge is 2.46. The summed E-state index contributed by atoms with van der Waals surface area (Å²) in [5, 5.41) is 9.99. The summed E-state index contributed by atoms with van der Waals surface area (Å²) in [6, 6.07) is 1.02. The van der Waals surface area contributed by atoms with Crippen LogP contribution in [0.15, 0.2) is 18.2 Å². The number of rotatable bonds is 6. The minimum atomic E-state index is -5.07. The first-order valence-electron chi connectivity index (χ1n) is 7.92. The summed E-state index contributed by atoms with van der Waals surface area (Å²) in [5.41, 5.74) is 0.748. The highest BCUT2D eigenvalue weighted by Crippen LogP contribution is 2.32. The number of halogens is 3. The van der Waals surface area contributed by atoms with Crippen LogP contribution >= 0.6 is 0 Å². The van der Waals surface area contributed by atoms with Gasteiger partial charge in [-0.3, -0.25) is 14.8 Å². The van der Waals surface area contributed by atoms with E-state index in [0.29, 0.717) is 5.75 Å². The van der Waals surface area contributed by atoms with Crippen molar-refractivity contribution in [3.8, 4) is 11.5 Å². The first kappa shape index (κ1) is 19.8. The Bertz CT molecular complexity index is 660. The lowest BCUT2D eigenvalue weighted by atomic mass is 10.1. The molecule has 0 aliphatic heterocycles. The summed E-state index contributed by atoms with van der Waals surface area (Å²) in [7, 11) is 1.40. The van der Waals surface area contributed by atoms with Crippen molar-refractivity contribution in [1.82, 2.24) is 10.8 Å². The number of amides is 2. The van der Waals surface area contributed by atoms with Crippen molar-refractivity contribution in [2.24, 2.45) is 0 Å². The highest BCUT2D eigenvalue weighted by molar-refractivity contribution is 5.98. The molecule has 26 heavy (non-hydrogen) atoms. The highest BCUT2D eigenvalue weighted by atomic mass is 19.4. The van der Waals surface area contributed by atoms with Crippen LogP contribution in [0.25, 0.3) is 0 Å². The lowest BCUT2D eigenvalue weighted by Crippen LogP contribution is -2.54. The molecular weight excluding hydrogens is 357 g/mol. The summed E-state index contributed by atoms with van der Waals surface area (Å²) in [5.74, 6) is -2.35. The number of ether oxygens (including phenoxy) is 2. The fraction of sp³-hybridized carbons (Fsp3) is 0.500. The van der Waals surface area contributed by atoms with Crippen molar-refractivity contribution in [3.63, 3.8) is 0 Å². The van der Waals surface area contributed by atoms with E-state index in [0.717, 1.165) is 31.2 Å². The normalized spacial score (nSPS) is 16.0. The number of carbonyl (C=O) groups is 2. The predicted octanol–water partition coefficient (Wildman–Crippen LogP) is 2.18. The van der Waals surface area contributed by atoms with Crippen molar-refractivity contribution in [2.75, 3.05) is 7.11 Å². The Hall–Kier alpha value is -2.49. The lowest BCUT2D eigenvalue weighted by molar-refractivity contribution is -0.172. The Balaban J connectivity index is 2.20. The first-order valence-corrected chi connectivity index (χ1v) is 7.92. The Morgan fingerprint density at radius 3 is 2.42 bits per heavy atom. The SMILES string of the molecule is COc1ccc(C(=O)NC(C(=O)NO)C(F)(F)F)cc1OC1CCCC1. The molecule has 2 amide bonds. The second-order valence-corrected chi connectivity index (χ2v) is 5.81. The molecule has 1 saturated carbocycles. The maximum atomic E-state index is 12.9. The van der Waals surface area contributed by atoms with E-state index >= 15 is 0 Å². The molecule has 0 saturated heterocycles. The van der Waals surface area contributed by atoms with E-state index in [-0.39, 0.29) is 17.4 Å². The van der Waals surface area contributed by atoms with Gasteiger partial charge < -0.3 is 14.8 Å². The summed E-state index contributed by atoms with van der Waals surface area (Å²) in [4.78, 5) is 23.3. The van der Waals surface area contributed by atoms with Crippen molar-refractivity contribution >= 4 is 11.8 Å². The summed E-state index contributed by atoms with van der Waals surface area (Å²) in [6.45, 7) is 0. The summed E-state index contributed by atoms with van der Waals surface area (Å²) >= 11 is 0. The Morgan fingerprint density at radius 1 is 1.23 bits per heavy atom. The van der Waals surface area contributed by atoms with Crippen LogP contribution in [0.1, 0.15) is 36.0 Å². The second-order valence-electron chi connectivity index (χ2n) is 5.81. The van der Waals surface area contributed by atoms with E-state index in [2.05, 4.69) is 0 Å². The Kier molecular flexibility index (Phi) is 6.30. The fourth-order valence-electron chi connectivity index (χ4n) is 2.67. The molecule has 7 nitrogen and oxygen atoms in total. The van der Waals surface area contributed by atoms with Gasteiger partial charge in [0.25, 0.3) is 11.8 Å². The standard InChI is InChI=1S/C16H19F3N2O5/c1-25-11-7-6-9(8-12(11)26-10-4-2-3-5-10)14(22)20-13(15(23)21-24)16(17,18)19/h6-8,10,13,24H,2-5H2,1H3,(H,20,22)(H,21,23). The molecular formula is C16H19F3N2O5. The molecule has 0 spiro atoms. The van der Waals surface area contributed by atoms with E-state index in [9.17, 15) is 22.8 Å². The molecule has 1 fully saturated rings. The molecule has 3 N–H and O–H groups in total. The van der Waals surface area contributed by atoms with Gasteiger partial charge in [-0.2, -0.15) is 13.2 Å². The van der Waals surface area contributed by atoms with Gasteiger partial charge in [-0.15, -0.1) is 0 Å². The zero-order chi connectivity index (χ0) is 19.3. The molecule has 0 radical (unpaired) electrons. The molecule has 1 aliphatic rings. The molecule has 144 valence electrons. The number of benzene rings is 1. The van der Waals surface area contributed by atoms with Gasteiger partial charge in [0.05, 0.1) is 13.2 Å². The molecule has 1 aromatic carbocycles. The molecule has 1 unspecified atom stereocenters. The third-order valence-corrected chi connectivity index (χ3v) is 4.00. The van der Waals surface area contributed by atoms with Crippen LogP contribution in [0.5, 0.6) is 11.5 Å². The van der Waals surface area contributed by atoms with Gasteiger partial charge in [-0.1, -0.05) is 0 Å². The maximum Gasteiger partial charge on any atom is 0.417 e. The summed E-state index contributed by atoms with van der Waals surface area (Å²) in [6.07, 6.45) is -1.42. The largest absolute Gasteiger partial charge is 0.493 e. The van der Waals surface area contributed by atoms with E-state index < -0.39 is 24.0 Å². The van der Waals surface area contributed by atoms with Crippen LogP contribution in [-0.4, -0.2) is 42.5 Å². The lowest BCUT2D eigenvalue weighted by Gasteiger charge is -2.20. The van der Waals surface area contributed by atoms with E-state index in [1.54, 1.807) is 5.32 Å². The average Bonchev–Trinajstić information content (AvgIpc) is 3.10. The second kappa shape index (κ2) is 8.26. The predicted molar refractivity (Wildman–Crippen MR) is 83.1 cm³/mol. The van der Waals surface area contributed by atoms with Crippen LogP contribution in [0.3, 0.4) is 0 Å². The van der Waals surface area contributed by atoms with E-state index in [1.165, 1.54) is 25.3 Å². The van der Waals surface area contributed by atoms with Crippen molar-refractivity contribution in [1.29, 1.82) is 0 Å². The van der Waals surface area contributed by atoms with Crippen LogP contribution in [0.4, 0.5) is 13.2 Å². The molecule has 1 aliphatic carbocycles. The Morgan fingerprint density at radius 2 is 1.88 bits per heavy atom. The van der Waals surface area contributed by atoms with E-state index in [1.807, 2.05) is 0 Å². The topological polar surface area (TPSA) is 96.9 Å². The maximum absolute atomic E-state index is 12.9. The number of methoxy groups -OCH3 is 1. The van der Waals surface area contributed by atoms with Crippen molar-refractivity contribution < 1.29 is 37.4 Å². The molecule has 2 rings (SSSR count). The van der Waals surface area contributed by atoms with E-state index in [4.69, 9.17) is 14.7 Å². The number of hydrogen-bond donors (Lipinski definition) is 3.